The highest BCUT2D eigenvalue weighted by Gasteiger charge is 2.28. The van der Waals surface area contributed by atoms with E-state index in [0.29, 0.717) is 13.0 Å². The lowest BCUT2D eigenvalue weighted by atomic mass is 10.1. The molecule has 0 fully saturated rings. The van der Waals surface area contributed by atoms with Crippen LogP contribution >= 0.6 is 0 Å². The molecule has 0 saturated heterocycles. The molecule has 0 aromatic heterocycles. The Morgan fingerprint density at radius 3 is 2.12 bits per heavy atom. The SMILES string of the molecule is C=C(C#N)C(=O)OCCO[Si](CC)(CC)CC.N#CC(=CCCc1ccccc1)C(=O)O. The summed E-state index contributed by atoms with van der Waals surface area (Å²) in [6, 6.07) is 16.2. The summed E-state index contributed by atoms with van der Waals surface area (Å²) in [7, 11) is -1.60. The van der Waals surface area contributed by atoms with Crippen LogP contribution in [0.1, 0.15) is 32.8 Å². The van der Waals surface area contributed by atoms with Crippen molar-refractivity contribution in [2.45, 2.75) is 51.7 Å². The number of carboxylic acid groups (broad SMARTS) is 1. The molecule has 0 unspecified atom stereocenters. The summed E-state index contributed by atoms with van der Waals surface area (Å²) < 4.78 is 10.7. The number of ether oxygens (including phenoxy) is 1. The molecule has 0 saturated carbocycles. The Morgan fingerprint density at radius 2 is 1.66 bits per heavy atom. The van der Waals surface area contributed by atoms with Gasteiger partial charge in [-0.2, -0.15) is 10.5 Å². The van der Waals surface area contributed by atoms with E-state index in [-0.39, 0.29) is 17.8 Å². The molecule has 0 aliphatic heterocycles. The Morgan fingerprint density at radius 1 is 1.06 bits per heavy atom. The summed E-state index contributed by atoms with van der Waals surface area (Å²) in [5.74, 6) is -1.82. The van der Waals surface area contributed by atoms with E-state index < -0.39 is 20.3 Å². The number of rotatable bonds is 12. The first-order valence-corrected chi connectivity index (χ1v) is 13.1. The summed E-state index contributed by atoms with van der Waals surface area (Å²) in [5, 5.41) is 25.5. The standard InChI is InChI=1S/C12H21NO3Si.C12H11NO2/c1-5-17(6-2,7-3)16-9-8-15-12(14)11(4)10-13;13-9-11(12(14)15)8-4-7-10-5-2-1-3-6-10/h4-9H2,1-3H3;1-3,5-6,8H,4,7H2,(H,14,15). The minimum atomic E-state index is -1.60. The molecule has 7 nitrogen and oxygen atoms in total. The van der Waals surface area contributed by atoms with Crippen LogP contribution in [0.5, 0.6) is 0 Å². The average molecular weight is 457 g/mol. The molecule has 1 N–H and O–H groups in total. The van der Waals surface area contributed by atoms with Crippen LogP contribution in [0.25, 0.3) is 0 Å². The van der Waals surface area contributed by atoms with Crippen molar-refractivity contribution in [2.75, 3.05) is 13.2 Å². The fourth-order valence-electron chi connectivity index (χ4n) is 2.79. The second kappa shape index (κ2) is 16.5. The van der Waals surface area contributed by atoms with Crippen LogP contribution < -0.4 is 0 Å². The van der Waals surface area contributed by atoms with Crippen molar-refractivity contribution in [2.24, 2.45) is 0 Å². The topological polar surface area (TPSA) is 120 Å². The first-order valence-electron chi connectivity index (χ1n) is 10.6. The zero-order valence-electron chi connectivity index (χ0n) is 19.1. The molecule has 1 aromatic rings. The number of aliphatic carboxylic acids is 1. The normalized spacial score (nSPS) is 10.7. The number of esters is 1. The predicted molar refractivity (Wildman–Crippen MR) is 125 cm³/mol. The van der Waals surface area contributed by atoms with Gasteiger partial charge in [-0.05, 0) is 36.5 Å². The number of carbonyl (C=O) groups is 2. The minimum absolute atomic E-state index is 0.171. The van der Waals surface area contributed by atoms with Crippen LogP contribution in [-0.2, 0) is 25.2 Å². The van der Waals surface area contributed by atoms with E-state index in [2.05, 4.69) is 27.4 Å². The van der Waals surface area contributed by atoms with Crippen LogP contribution in [0.2, 0.25) is 18.1 Å². The number of nitrogens with zero attached hydrogens (tertiary/aromatic N) is 2. The molecule has 0 radical (unpaired) electrons. The third-order valence-electron chi connectivity index (χ3n) is 5.01. The van der Waals surface area contributed by atoms with Gasteiger partial charge < -0.3 is 14.3 Å². The van der Waals surface area contributed by atoms with Gasteiger partial charge >= 0.3 is 11.9 Å². The Balaban J connectivity index is 0.000000604. The Kier molecular flexibility index (Phi) is 14.8. The number of hydrogen-bond acceptors (Lipinski definition) is 6. The molecule has 1 aromatic carbocycles. The summed E-state index contributed by atoms with van der Waals surface area (Å²) in [6.45, 7) is 10.3. The summed E-state index contributed by atoms with van der Waals surface area (Å²) >= 11 is 0. The fourth-order valence-corrected chi connectivity index (χ4v) is 5.42. The summed E-state index contributed by atoms with van der Waals surface area (Å²) in [6.07, 6.45) is 2.77. The first kappa shape index (κ1) is 28.8. The third kappa shape index (κ3) is 11.3. The molecule has 0 aliphatic rings. The molecule has 0 amide bonds. The minimum Gasteiger partial charge on any atom is -0.477 e. The summed E-state index contributed by atoms with van der Waals surface area (Å²) in [4.78, 5) is 21.6. The van der Waals surface area contributed by atoms with E-state index in [0.717, 1.165) is 30.1 Å². The van der Waals surface area contributed by atoms with E-state index in [1.54, 1.807) is 12.1 Å². The van der Waals surface area contributed by atoms with Gasteiger partial charge in [0, 0.05) is 0 Å². The van der Waals surface area contributed by atoms with Gasteiger partial charge in [-0.25, -0.2) is 9.59 Å². The second-order valence-corrected chi connectivity index (χ2v) is 11.7. The molecule has 8 heteroatoms. The van der Waals surface area contributed by atoms with Gasteiger partial charge in [0.25, 0.3) is 0 Å². The lowest BCUT2D eigenvalue weighted by molar-refractivity contribution is -0.139. The van der Waals surface area contributed by atoms with Gasteiger partial charge in [0.05, 0.1) is 6.61 Å². The zero-order chi connectivity index (χ0) is 24.4. The number of allylic oxidation sites excluding steroid dienone is 1. The molecule has 0 spiro atoms. The second-order valence-electron chi connectivity index (χ2n) is 6.88. The van der Waals surface area contributed by atoms with E-state index in [1.807, 2.05) is 30.3 Å². The van der Waals surface area contributed by atoms with Crippen LogP contribution in [-0.4, -0.2) is 38.6 Å². The summed E-state index contributed by atoms with van der Waals surface area (Å²) in [5.41, 5.74) is 0.775. The van der Waals surface area contributed by atoms with Crippen molar-refractivity contribution < 1.29 is 23.9 Å². The number of hydrogen-bond donors (Lipinski definition) is 1. The maximum Gasteiger partial charge on any atom is 0.348 e. The van der Waals surface area contributed by atoms with Gasteiger partial charge in [-0.1, -0.05) is 63.8 Å². The number of aryl methyl sites for hydroxylation is 1. The monoisotopic (exact) mass is 456 g/mol. The number of benzene rings is 1. The molecule has 32 heavy (non-hydrogen) atoms. The molecule has 0 heterocycles. The predicted octanol–water partition coefficient (Wildman–Crippen LogP) is 4.78. The molecule has 0 atom stereocenters. The van der Waals surface area contributed by atoms with Gasteiger partial charge in [0.2, 0.25) is 0 Å². The zero-order valence-corrected chi connectivity index (χ0v) is 20.1. The lowest BCUT2D eigenvalue weighted by Crippen LogP contribution is -2.37. The van der Waals surface area contributed by atoms with Gasteiger partial charge in [-0.15, -0.1) is 0 Å². The van der Waals surface area contributed by atoms with E-state index in [4.69, 9.17) is 24.8 Å². The van der Waals surface area contributed by atoms with Crippen molar-refractivity contribution in [1.29, 1.82) is 10.5 Å². The Bertz CT molecular complexity index is 841. The van der Waals surface area contributed by atoms with Crippen molar-refractivity contribution in [1.82, 2.24) is 0 Å². The highest BCUT2D eigenvalue weighted by molar-refractivity contribution is 6.73. The number of nitriles is 2. The van der Waals surface area contributed by atoms with Crippen LogP contribution in [0.3, 0.4) is 0 Å². The molecule has 172 valence electrons. The smallest absolute Gasteiger partial charge is 0.348 e. The van der Waals surface area contributed by atoms with E-state index in [9.17, 15) is 9.59 Å². The van der Waals surface area contributed by atoms with Crippen molar-refractivity contribution >= 4 is 20.3 Å². The highest BCUT2D eigenvalue weighted by atomic mass is 28.4. The maximum atomic E-state index is 11.1. The molecule has 0 aliphatic carbocycles. The van der Waals surface area contributed by atoms with Gasteiger partial charge in [-0.3, -0.25) is 0 Å². The van der Waals surface area contributed by atoms with Crippen molar-refractivity contribution in [3.63, 3.8) is 0 Å². The molecule has 1 rings (SSSR count). The van der Waals surface area contributed by atoms with Gasteiger partial charge in [0.1, 0.15) is 29.9 Å². The number of carbonyl (C=O) groups excluding carboxylic acids is 1. The molecular weight excluding hydrogens is 424 g/mol. The highest BCUT2D eigenvalue weighted by Crippen LogP contribution is 2.21. The molecular formula is C24H32N2O5Si. The van der Waals surface area contributed by atoms with Crippen LogP contribution in [0.4, 0.5) is 0 Å². The maximum absolute atomic E-state index is 11.1. The Labute approximate surface area is 191 Å². The quantitative estimate of drug-likeness (QED) is 0.158. The third-order valence-corrected chi connectivity index (χ3v) is 9.70. The van der Waals surface area contributed by atoms with Crippen LogP contribution in [0, 0.1) is 22.7 Å². The molecule has 0 bridgehead atoms. The van der Waals surface area contributed by atoms with E-state index >= 15 is 0 Å². The van der Waals surface area contributed by atoms with Crippen molar-refractivity contribution in [3.05, 3.63) is 59.7 Å². The Hall–Kier alpha value is -3.20. The fraction of sp³-hybridized carbons (Fsp3) is 0.417. The number of carboxylic acids is 1. The van der Waals surface area contributed by atoms with Crippen molar-refractivity contribution in [3.8, 4) is 12.1 Å². The van der Waals surface area contributed by atoms with E-state index in [1.165, 1.54) is 6.08 Å². The first-order chi connectivity index (χ1) is 15.3. The lowest BCUT2D eigenvalue weighted by Gasteiger charge is -2.27. The van der Waals surface area contributed by atoms with Gasteiger partial charge in [0.15, 0.2) is 8.32 Å². The largest absolute Gasteiger partial charge is 0.477 e. The van der Waals surface area contributed by atoms with Crippen LogP contribution in [0.15, 0.2) is 54.1 Å². The average Bonchev–Trinajstić information content (AvgIpc) is 2.82.